The number of methoxy groups -OCH3 is 1. The lowest BCUT2D eigenvalue weighted by atomic mass is 9.90. The molecule has 5 heteroatoms. The van der Waals surface area contributed by atoms with Crippen LogP contribution in [0.5, 0.6) is 0 Å². The highest BCUT2D eigenvalue weighted by molar-refractivity contribution is 7.74. The van der Waals surface area contributed by atoms with Crippen molar-refractivity contribution in [3.05, 3.63) is 9.02 Å². The minimum absolute atomic E-state index is 0.379. The van der Waals surface area contributed by atoms with Crippen molar-refractivity contribution in [3.8, 4) is 0 Å². The van der Waals surface area contributed by atoms with Gasteiger partial charge >= 0.3 is 0 Å². The van der Waals surface area contributed by atoms with E-state index in [9.17, 15) is 0 Å². The molecular formula is C15H26N2OS2. The molecule has 0 amide bonds. The standard InChI is InChI=1S/C15H26N2OS2/c1-15(2,3)7-6-9-17(4)12-11(13(19)14(12)20)16-8-10-18-5/h16H,6-10H2,1-5H3. The van der Waals surface area contributed by atoms with Crippen molar-refractivity contribution in [2.24, 2.45) is 5.41 Å². The van der Waals surface area contributed by atoms with Gasteiger partial charge in [-0.25, -0.2) is 0 Å². The van der Waals surface area contributed by atoms with Crippen molar-refractivity contribution in [2.75, 3.05) is 44.1 Å². The predicted octanol–water partition coefficient (Wildman–Crippen LogP) is 4.34. The van der Waals surface area contributed by atoms with Gasteiger partial charge in [0.05, 0.1) is 27.0 Å². The van der Waals surface area contributed by atoms with E-state index >= 15 is 0 Å². The molecule has 0 heterocycles. The normalized spacial score (nSPS) is 11.8. The fraction of sp³-hybridized carbons (Fsp3) is 0.733. The molecule has 0 saturated carbocycles. The summed E-state index contributed by atoms with van der Waals surface area (Å²) >= 11 is 10.7. The van der Waals surface area contributed by atoms with E-state index < -0.39 is 0 Å². The summed E-state index contributed by atoms with van der Waals surface area (Å²) in [7, 11) is 3.78. The van der Waals surface area contributed by atoms with Crippen LogP contribution >= 0.6 is 24.4 Å². The summed E-state index contributed by atoms with van der Waals surface area (Å²) in [5.41, 5.74) is 2.49. The molecule has 0 saturated heterocycles. The molecule has 0 bridgehead atoms. The summed E-state index contributed by atoms with van der Waals surface area (Å²) in [6.07, 6.45) is 2.36. The number of rotatable bonds is 8. The highest BCUT2D eigenvalue weighted by Gasteiger charge is 2.18. The van der Waals surface area contributed by atoms with E-state index in [2.05, 4.69) is 38.0 Å². The number of nitrogens with zero attached hydrogens (tertiary/aromatic N) is 1. The maximum absolute atomic E-state index is 5.37. The molecule has 114 valence electrons. The lowest BCUT2D eigenvalue weighted by Crippen LogP contribution is -2.24. The minimum atomic E-state index is 0.379. The monoisotopic (exact) mass is 314 g/mol. The summed E-state index contributed by atoms with van der Waals surface area (Å²) < 4.78 is 6.65. The molecule has 20 heavy (non-hydrogen) atoms. The maximum Gasteiger partial charge on any atom is 0.0834 e. The second-order valence-electron chi connectivity index (χ2n) is 6.39. The zero-order valence-corrected chi connectivity index (χ0v) is 14.8. The highest BCUT2D eigenvalue weighted by atomic mass is 32.1. The van der Waals surface area contributed by atoms with Gasteiger partial charge in [-0.15, -0.1) is 0 Å². The fourth-order valence-electron chi connectivity index (χ4n) is 2.14. The predicted molar refractivity (Wildman–Crippen MR) is 92.8 cm³/mol. The van der Waals surface area contributed by atoms with Crippen molar-refractivity contribution in [2.45, 2.75) is 33.6 Å². The quantitative estimate of drug-likeness (QED) is 0.568. The molecule has 0 unspecified atom stereocenters. The Bertz CT molecular complexity index is 499. The van der Waals surface area contributed by atoms with Crippen LogP contribution in [0.3, 0.4) is 0 Å². The Morgan fingerprint density at radius 3 is 2.40 bits per heavy atom. The highest BCUT2D eigenvalue weighted by Crippen LogP contribution is 2.35. The number of hydrogen-bond acceptors (Lipinski definition) is 5. The largest absolute Gasteiger partial charge is 0.383 e. The lowest BCUT2D eigenvalue weighted by Gasteiger charge is -2.27. The molecule has 3 nitrogen and oxygen atoms in total. The topological polar surface area (TPSA) is 24.5 Å². The van der Waals surface area contributed by atoms with Crippen LogP contribution in [0.15, 0.2) is 0 Å². The molecule has 0 aliphatic rings. The average Bonchev–Trinajstić information content (AvgIpc) is 2.35. The summed E-state index contributed by atoms with van der Waals surface area (Å²) in [4.78, 5) is 2.22. The van der Waals surface area contributed by atoms with Crippen molar-refractivity contribution in [3.63, 3.8) is 0 Å². The van der Waals surface area contributed by atoms with Crippen molar-refractivity contribution < 1.29 is 4.74 Å². The van der Waals surface area contributed by atoms with Gasteiger partial charge in [0.15, 0.2) is 0 Å². The summed E-state index contributed by atoms with van der Waals surface area (Å²) in [5.74, 6) is 0. The molecule has 0 aliphatic carbocycles. The smallest absolute Gasteiger partial charge is 0.0834 e. The Labute approximate surface area is 133 Å². The first kappa shape index (κ1) is 17.5. The minimum Gasteiger partial charge on any atom is -0.383 e. The summed E-state index contributed by atoms with van der Waals surface area (Å²) in [6.45, 7) is 9.24. The van der Waals surface area contributed by atoms with E-state index in [1.165, 1.54) is 6.42 Å². The van der Waals surface area contributed by atoms with E-state index in [-0.39, 0.29) is 0 Å². The molecule has 1 rings (SSSR count). The molecule has 0 aliphatic heterocycles. The maximum atomic E-state index is 5.37. The molecular weight excluding hydrogens is 288 g/mol. The third kappa shape index (κ3) is 4.79. The first-order valence-electron chi connectivity index (χ1n) is 7.05. The van der Waals surface area contributed by atoms with Crippen LogP contribution < -0.4 is 10.2 Å². The number of hydrogen-bond donors (Lipinski definition) is 1. The third-order valence-electron chi connectivity index (χ3n) is 3.30. The van der Waals surface area contributed by atoms with Crippen LogP contribution in [0.2, 0.25) is 0 Å². The summed E-state index contributed by atoms with van der Waals surface area (Å²) in [5, 5.41) is 3.32. The van der Waals surface area contributed by atoms with Gasteiger partial charge in [-0.3, -0.25) is 0 Å². The van der Waals surface area contributed by atoms with E-state index in [0.29, 0.717) is 12.0 Å². The molecule has 1 aromatic carbocycles. The molecule has 0 spiro atoms. The second-order valence-corrected chi connectivity index (χ2v) is 7.20. The van der Waals surface area contributed by atoms with Crippen LogP contribution in [-0.4, -0.2) is 33.9 Å². The van der Waals surface area contributed by atoms with E-state index in [0.717, 1.165) is 39.9 Å². The Hall–Kier alpha value is -0.520. The molecule has 0 radical (unpaired) electrons. The molecule has 0 atom stereocenters. The van der Waals surface area contributed by atoms with Gasteiger partial charge < -0.3 is 15.0 Å². The van der Waals surface area contributed by atoms with Gasteiger partial charge in [0, 0.05) is 27.2 Å². The third-order valence-corrected chi connectivity index (χ3v) is 4.23. The van der Waals surface area contributed by atoms with Crippen LogP contribution in [0.25, 0.3) is 0 Å². The van der Waals surface area contributed by atoms with Gasteiger partial charge in [0.2, 0.25) is 0 Å². The number of nitrogens with one attached hydrogen (secondary N) is 1. The molecule has 0 aromatic heterocycles. The Balaban J connectivity index is 2.59. The van der Waals surface area contributed by atoms with E-state index in [1.807, 2.05) is 0 Å². The Morgan fingerprint density at radius 2 is 1.85 bits per heavy atom. The van der Waals surface area contributed by atoms with Crippen molar-refractivity contribution >= 4 is 35.8 Å². The molecule has 1 aromatic rings. The van der Waals surface area contributed by atoms with Crippen LogP contribution in [0.1, 0.15) is 33.6 Å². The van der Waals surface area contributed by atoms with Crippen LogP contribution in [-0.2, 0) is 4.74 Å². The van der Waals surface area contributed by atoms with E-state index in [4.69, 9.17) is 29.2 Å². The molecule has 1 N–H and O–H groups in total. The average molecular weight is 315 g/mol. The zero-order chi connectivity index (χ0) is 15.3. The fourth-order valence-corrected chi connectivity index (χ4v) is 2.77. The first-order chi connectivity index (χ1) is 9.28. The van der Waals surface area contributed by atoms with Gasteiger partial charge in [-0.05, 0) is 18.3 Å². The van der Waals surface area contributed by atoms with Crippen LogP contribution in [0.4, 0.5) is 11.4 Å². The van der Waals surface area contributed by atoms with Gasteiger partial charge in [0.1, 0.15) is 0 Å². The number of anilines is 2. The summed E-state index contributed by atoms with van der Waals surface area (Å²) in [6, 6.07) is 0. The van der Waals surface area contributed by atoms with Gasteiger partial charge in [0.25, 0.3) is 0 Å². The Morgan fingerprint density at radius 1 is 1.20 bits per heavy atom. The zero-order valence-electron chi connectivity index (χ0n) is 13.2. The van der Waals surface area contributed by atoms with Gasteiger partial charge in [-0.2, -0.15) is 0 Å². The molecule has 0 fully saturated rings. The number of ether oxygens (including phenoxy) is 1. The van der Waals surface area contributed by atoms with Crippen LogP contribution in [0, 0.1) is 14.4 Å². The SMILES string of the molecule is COCCNc1c(N(C)CCCC(C)(C)C)c(=S)c1=S. The second kappa shape index (κ2) is 7.48. The first-order valence-corrected chi connectivity index (χ1v) is 7.87. The van der Waals surface area contributed by atoms with Gasteiger partial charge in [-0.1, -0.05) is 45.2 Å². The van der Waals surface area contributed by atoms with Crippen molar-refractivity contribution in [1.82, 2.24) is 0 Å². The van der Waals surface area contributed by atoms with E-state index in [1.54, 1.807) is 7.11 Å². The lowest BCUT2D eigenvalue weighted by molar-refractivity contribution is 0.211. The van der Waals surface area contributed by atoms with Crippen molar-refractivity contribution in [1.29, 1.82) is 0 Å². The Kier molecular flexibility index (Phi) is 6.55.